The maximum Gasteiger partial charge on any atom is 0.406 e. The Balaban J connectivity index is 1.42. The molecule has 0 radical (unpaired) electrons. The van der Waals surface area contributed by atoms with Crippen molar-refractivity contribution in [1.29, 1.82) is 0 Å². The predicted molar refractivity (Wildman–Crippen MR) is 179 cm³/mol. The third kappa shape index (κ3) is 11.8. The van der Waals surface area contributed by atoms with E-state index in [0.717, 1.165) is 37.7 Å². The second-order valence-electron chi connectivity index (χ2n) is 13.0. The number of urea groups is 1. The van der Waals surface area contributed by atoms with Crippen molar-refractivity contribution >= 4 is 35.4 Å². The molecule has 2 aliphatic heterocycles. The second kappa shape index (κ2) is 19.4. The van der Waals surface area contributed by atoms with Crippen molar-refractivity contribution in [3.63, 3.8) is 0 Å². The van der Waals surface area contributed by atoms with Crippen LogP contribution in [0.15, 0.2) is 24.3 Å². The number of ketones is 1. The van der Waals surface area contributed by atoms with Crippen LogP contribution in [0.4, 0.5) is 18.4 Å². The molecule has 1 saturated carbocycles. The SMILES string of the molecule is COC(=O)NCCOC(c1cccc(Cl)c1)C1CCCN(C(=O)NC(CC2CCCCC2)C(=O)C(F)(F)C(=O)NCCN2CCOCC2)C1. The summed E-state index contributed by atoms with van der Waals surface area (Å²) < 4.78 is 47.0. The maximum absolute atomic E-state index is 15.5. The first-order chi connectivity index (χ1) is 23.6. The summed E-state index contributed by atoms with van der Waals surface area (Å²) in [5.41, 5.74) is 0.794. The van der Waals surface area contributed by atoms with Gasteiger partial charge in [-0.2, -0.15) is 8.78 Å². The number of ether oxygens (including phenoxy) is 3. The van der Waals surface area contributed by atoms with Crippen LogP contribution in [-0.4, -0.2) is 118 Å². The third-order valence-corrected chi connectivity index (χ3v) is 9.76. The minimum absolute atomic E-state index is 0.0171. The number of alkyl halides is 2. The lowest BCUT2D eigenvalue weighted by molar-refractivity contribution is -0.160. The van der Waals surface area contributed by atoms with Crippen LogP contribution in [0.2, 0.25) is 5.02 Å². The van der Waals surface area contributed by atoms with E-state index in [1.165, 1.54) is 12.0 Å². The number of rotatable bonds is 15. The van der Waals surface area contributed by atoms with Crippen molar-refractivity contribution in [2.45, 2.75) is 69.4 Å². The van der Waals surface area contributed by atoms with Gasteiger partial charge in [-0.25, -0.2) is 9.59 Å². The number of benzene rings is 1. The highest BCUT2D eigenvalue weighted by Gasteiger charge is 2.51. The van der Waals surface area contributed by atoms with E-state index < -0.39 is 41.9 Å². The Morgan fingerprint density at radius 3 is 2.49 bits per heavy atom. The first-order valence-electron chi connectivity index (χ1n) is 17.3. The number of methoxy groups -OCH3 is 1. The second-order valence-corrected chi connectivity index (χ2v) is 13.4. The van der Waals surface area contributed by atoms with Crippen LogP contribution < -0.4 is 16.0 Å². The fraction of sp³-hybridized carbons (Fsp3) is 0.706. The summed E-state index contributed by atoms with van der Waals surface area (Å²) in [6.45, 7) is 3.61. The van der Waals surface area contributed by atoms with Crippen molar-refractivity contribution in [3.8, 4) is 0 Å². The first-order valence-corrected chi connectivity index (χ1v) is 17.7. The zero-order valence-electron chi connectivity index (χ0n) is 28.2. The quantitative estimate of drug-likeness (QED) is 0.182. The number of hydrogen-bond donors (Lipinski definition) is 3. The van der Waals surface area contributed by atoms with Gasteiger partial charge in [-0.1, -0.05) is 55.8 Å². The van der Waals surface area contributed by atoms with Gasteiger partial charge in [0, 0.05) is 56.8 Å². The van der Waals surface area contributed by atoms with Crippen LogP contribution in [0.1, 0.15) is 63.0 Å². The minimum Gasteiger partial charge on any atom is -0.453 e. The summed E-state index contributed by atoms with van der Waals surface area (Å²) in [6, 6.07) is 5.03. The van der Waals surface area contributed by atoms with Gasteiger partial charge in [0.1, 0.15) is 0 Å². The number of nitrogens with one attached hydrogen (secondary N) is 3. The first kappa shape index (κ1) is 38.7. The number of amides is 4. The van der Waals surface area contributed by atoms with E-state index >= 15 is 8.78 Å². The number of hydrogen-bond acceptors (Lipinski definition) is 8. The maximum atomic E-state index is 15.5. The standard InChI is InChI=1S/C34H50ClF2N5O7/c1-47-33(46)39-13-18-49-29(25-9-5-11-27(35)22-25)26-10-6-14-42(23-26)32(45)40-28(21-24-7-3-2-4-8-24)30(43)34(36,37)31(44)38-12-15-41-16-19-48-20-17-41/h5,9,11,22,24,26,28-29H,2-4,6-8,10,12-21,23H2,1H3,(H,38,44)(H,39,46)(H,40,45). The van der Waals surface area contributed by atoms with E-state index in [1.807, 2.05) is 11.0 Å². The number of piperidine rings is 1. The van der Waals surface area contributed by atoms with Gasteiger partial charge < -0.3 is 35.1 Å². The van der Waals surface area contributed by atoms with Gasteiger partial charge in [-0.15, -0.1) is 0 Å². The number of carbonyl (C=O) groups excluding carboxylic acids is 4. The molecule has 3 fully saturated rings. The largest absolute Gasteiger partial charge is 0.453 e. The lowest BCUT2D eigenvalue weighted by Crippen LogP contribution is -2.58. The lowest BCUT2D eigenvalue weighted by atomic mass is 9.83. The molecule has 3 N–H and O–H groups in total. The number of halogens is 3. The zero-order chi connectivity index (χ0) is 35.2. The summed E-state index contributed by atoms with van der Waals surface area (Å²) in [5, 5.41) is 7.93. The Kier molecular flexibility index (Phi) is 15.3. The molecule has 3 atom stereocenters. The van der Waals surface area contributed by atoms with Crippen molar-refractivity contribution < 1.29 is 42.2 Å². The van der Waals surface area contributed by atoms with Crippen molar-refractivity contribution in [1.82, 2.24) is 25.8 Å². The molecule has 2 saturated heterocycles. The molecule has 0 bridgehead atoms. The molecule has 49 heavy (non-hydrogen) atoms. The normalized spacial score (nSPS) is 20.6. The van der Waals surface area contributed by atoms with Crippen LogP contribution in [0, 0.1) is 11.8 Å². The summed E-state index contributed by atoms with van der Waals surface area (Å²) in [7, 11) is 1.27. The molecule has 3 unspecified atom stereocenters. The molecule has 4 amide bonds. The average molecular weight is 714 g/mol. The molecule has 0 aromatic heterocycles. The van der Waals surface area contributed by atoms with E-state index in [-0.39, 0.29) is 44.5 Å². The Morgan fingerprint density at radius 1 is 1.02 bits per heavy atom. The monoisotopic (exact) mass is 713 g/mol. The van der Waals surface area contributed by atoms with Gasteiger partial charge in [-0.3, -0.25) is 14.5 Å². The van der Waals surface area contributed by atoms with Gasteiger partial charge >= 0.3 is 18.0 Å². The highest BCUT2D eigenvalue weighted by molar-refractivity contribution is 6.30. The van der Waals surface area contributed by atoms with Crippen LogP contribution in [-0.2, 0) is 23.8 Å². The molecule has 12 nitrogen and oxygen atoms in total. The Hall–Kier alpha value is -3.07. The summed E-state index contributed by atoms with van der Waals surface area (Å²) >= 11 is 6.29. The van der Waals surface area contributed by atoms with Gasteiger partial charge in [0.05, 0.1) is 39.1 Å². The minimum atomic E-state index is -4.31. The number of carbonyl (C=O) groups is 4. The fourth-order valence-corrected chi connectivity index (χ4v) is 7.06. The number of alkyl carbamates (subject to hydrolysis) is 1. The van der Waals surface area contributed by atoms with Crippen LogP contribution in [0.25, 0.3) is 0 Å². The topological polar surface area (TPSA) is 139 Å². The summed E-state index contributed by atoms with van der Waals surface area (Å²) in [5.74, 6) is -7.78. The average Bonchev–Trinajstić information content (AvgIpc) is 3.11. The van der Waals surface area contributed by atoms with Gasteiger partial charge in [0.25, 0.3) is 5.91 Å². The molecular formula is C34H50ClF2N5O7. The van der Waals surface area contributed by atoms with E-state index in [1.54, 1.807) is 18.2 Å². The Labute approximate surface area is 291 Å². The molecule has 1 aromatic carbocycles. The molecule has 0 spiro atoms. The summed E-state index contributed by atoms with van der Waals surface area (Å²) in [4.78, 5) is 54.8. The van der Waals surface area contributed by atoms with E-state index in [9.17, 15) is 19.2 Å². The molecule has 15 heteroatoms. The van der Waals surface area contributed by atoms with E-state index in [0.29, 0.717) is 57.3 Å². The molecule has 1 aromatic rings. The number of nitrogens with zero attached hydrogens (tertiary/aromatic N) is 2. The van der Waals surface area contributed by atoms with Gasteiger partial charge in [-0.05, 0) is 42.9 Å². The summed E-state index contributed by atoms with van der Waals surface area (Å²) in [6.07, 6.45) is 4.71. The van der Waals surface area contributed by atoms with Crippen molar-refractivity contribution in [3.05, 3.63) is 34.9 Å². The Bertz CT molecular complexity index is 1250. The molecule has 3 aliphatic rings. The number of likely N-dealkylation sites (tertiary alicyclic amines) is 1. The van der Waals surface area contributed by atoms with Crippen LogP contribution in [0.5, 0.6) is 0 Å². The van der Waals surface area contributed by atoms with Gasteiger partial charge in [0.15, 0.2) is 0 Å². The highest BCUT2D eigenvalue weighted by atomic mass is 35.5. The lowest BCUT2D eigenvalue weighted by Gasteiger charge is -2.38. The highest BCUT2D eigenvalue weighted by Crippen LogP contribution is 2.34. The van der Waals surface area contributed by atoms with Gasteiger partial charge in [0.2, 0.25) is 5.78 Å². The predicted octanol–water partition coefficient (Wildman–Crippen LogP) is 4.17. The molecule has 1 aliphatic carbocycles. The van der Waals surface area contributed by atoms with Crippen molar-refractivity contribution in [2.24, 2.45) is 11.8 Å². The smallest absolute Gasteiger partial charge is 0.406 e. The third-order valence-electron chi connectivity index (χ3n) is 9.52. The molecule has 2 heterocycles. The molecular weight excluding hydrogens is 664 g/mol. The van der Waals surface area contributed by atoms with E-state index in [2.05, 4.69) is 20.7 Å². The zero-order valence-corrected chi connectivity index (χ0v) is 29.0. The number of Topliss-reactive ketones (excluding diaryl/α,β-unsaturated/α-hetero) is 1. The molecule has 4 rings (SSSR count). The van der Waals surface area contributed by atoms with Crippen LogP contribution in [0.3, 0.4) is 0 Å². The number of morpholine rings is 1. The fourth-order valence-electron chi connectivity index (χ4n) is 6.86. The molecule has 274 valence electrons. The Morgan fingerprint density at radius 2 is 1.78 bits per heavy atom. The van der Waals surface area contributed by atoms with Crippen molar-refractivity contribution in [2.75, 3.05) is 72.7 Å². The van der Waals surface area contributed by atoms with E-state index in [4.69, 9.17) is 21.1 Å². The van der Waals surface area contributed by atoms with Crippen LogP contribution >= 0.6 is 11.6 Å².